The maximum absolute atomic E-state index is 11.0. The van der Waals surface area contributed by atoms with E-state index in [1.807, 2.05) is 0 Å². The number of carbonyl (C=O) groups is 1. The van der Waals surface area contributed by atoms with E-state index in [4.69, 9.17) is 0 Å². The smallest absolute Gasteiger partial charge is 0.413 e. The lowest BCUT2D eigenvalue weighted by Crippen LogP contribution is -2.46. The highest BCUT2D eigenvalue weighted by atomic mass is 17.3. The molecule has 0 N–H and O–H groups in total. The molecule has 0 aromatic carbocycles. The molecule has 12 heavy (non-hydrogen) atoms. The van der Waals surface area contributed by atoms with Crippen molar-refractivity contribution >= 4 is 5.97 Å². The van der Waals surface area contributed by atoms with E-state index in [9.17, 15) is 4.79 Å². The molecule has 0 saturated heterocycles. The van der Waals surface area contributed by atoms with Crippen molar-refractivity contribution < 1.29 is 28.8 Å². The van der Waals surface area contributed by atoms with Crippen molar-refractivity contribution in [1.82, 2.24) is 0 Å². The standard InChI is InChI=1S/C6H12O6/c1-8-5(7)6(9-2,10-3)12-11-4/h1-4H3. The first-order valence-corrected chi connectivity index (χ1v) is 3.07. The lowest BCUT2D eigenvalue weighted by Gasteiger charge is -2.24. The SMILES string of the molecule is COOC(OC)(OC)C(=O)OC. The zero-order chi connectivity index (χ0) is 9.61. The summed E-state index contributed by atoms with van der Waals surface area (Å²) in [6.07, 6.45) is 0. The lowest BCUT2D eigenvalue weighted by molar-refractivity contribution is -0.471. The van der Waals surface area contributed by atoms with Crippen LogP contribution in [0.4, 0.5) is 0 Å². The Morgan fingerprint density at radius 2 is 1.58 bits per heavy atom. The molecular weight excluding hydrogens is 168 g/mol. The highest BCUT2D eigenvalue weighted by Gasteiger charge is 2.44. The van der Waals surface area contributed by atoms with E-state index in [2.05, 4.69) is 24.0 Å². The summed E-state index contributed by atoms with van der Waals surface area (Å²) in [5, 5.41) is 0. The fraction of sp³-hybridized carbons (Fsp3) is 0.833. The molecule has 0 fully saturated rings. The minimum atomic E-state index is -1.94. The Balaban J connectivity index is 4.44. The van der Waals surface area contributed by atoms with Gasteiger partial charge in [-0.1, -0.05) is 0 Å². The first-order valence-electron chi connectivity index (χ1n) is 3.07. The number of rotatable bonds is 5. The minimum absolute atomic E-state index is 0.839. The predicted octanol–water partition coefficient (Wildman–Crippen LogP) is -0.316. The Kier molecular flexibility index (Phi) is 4.75. The van der Waals surface area contributed by atoms with Crippen LogP contribution in [0.25, 0.3) is 0 Å². The molecule has 0 radical (unpaired) electrons. The minimum Gasteiger partial charge on any atom is -0.463 e. The van der Waals surface area contributed by atoms with Gasteiger partial charge in [-0.3, -0.25) is 0 Å². The van der Waals surface area contributed by atoms with Gasteiger partial charge in [-0.2, -0.15) is 4.89 Å². The zero-order valence-electron chi connectivity index (χ0n) is 7.45. The number of carbonyl (C=O) groups excluding carboxylic acids is 1. The van der Waals surface area contributed by atoms with E-state index in [0.29, 0.717) is 0 Å². The van der Waals surface area contributed by atoms with Gasteiger partial charge in [-0.05, 0) is 0 Å². The van der Waals surface area contributed by atoms with Crippen molar-refractivity contribution in [2.24, 2.45) is 0 Å². The maximum Gasteiger partial charge on any atom is 0.413 e. The molecule has 0 saturated carbocycles. The van der Waals surface area contributed by atoms with Gasteiger partial charge < -0.3 is 14.2 Å². The van der Waals surface area contributed by atoms with Crippen LogP contribution in [0.15, 0.2) is 0 Å². The summed E-state index contributed by atoms with van der Waals surface area (Å²) >= 11 is 0. The molecule has 0 rings (SSSR count). The molecule has 0 unspecified atom stereocenters. The van der Waals surface area contributed by atoms with Gasteiger partial charge in [0.2, 0.25) is 0 Å². The van der Waals surface area contributed by atoms with Crippen molar-refractivity contribution in [1.29, 1.82) is 0 Å². The third-order valence-electron chi connectivity index (χ3n) is 1.17. The second-order valence-electron chi connectivity index (χ2n) is 1.71. The van der Waals surface area contributed by atoms with E-state index in [-0.39, 0.29) is 0 Å². The predicted molar refractivity (Wildman–Crippen MR) is 36.9 cm³/mol. The van der Waals surface area contributed by atoms with Gasteiger partial charge in [0.15, 0.2) is 0 Å². The normalized spacial score (nSPS) is 11.3. The Labute approximate surface area is 70.2 Å². The summed E-state index contributed by atoms with van der Waals surface area (Å²) in [6.45, 7) is 0. The summed E-state index contributed by atoms with van der Waals surface area (Å²) in [4.78, 5) is 19.7. The molecule has 0 aliphatic carbocycles. The third-order valence-corrected chi connectivity index (χ3v) is 1.17. The van der Waals surface area contributed by atoms with E-state index in [0.717, 1.165) is 0 Å². The van der Waals surface area contributed by atoms with Gasteiger partial charge in [0.05, 0.1) is 14.2 Å². The summed E-state index contributed by atoms with van der Waals surface area (Å²) in [5.41, 5.74) is 0. The molecule has 0 bridgehead atoms. The average Bonchev–Trinajstić information content (AvgIpc) is 2.13. The molecule has 0 heterocycles. The molecule has 72 valence electrons. The van der Waals surface area contributed by atoms with Crippen molar-refractivity contribution in [2.45, 2.75) is 5.97 Å². The van der Waals surface area contributed by atoms with E-state index < -0.39 is 11.9 Å². The van der Waals surface area contributed by atoms with Crippen LogP contribution in [0.3, 0.4) is 0 Å². The zero-order valence-corrected chi connectivity index (χ0v) is 7.45. The van der Waals surface area contributed by atoms with Crippen LogP contribution < -0.4 is 0 Å². The van der Waals surface area contributed by atoms with Crippen LogP contribution in [0.2, 0.25) is 0 Å². The van der Waals surface area contributed by atoms with Gasteiger partial charge in [0.25, 0.3) is 0 Å². The Morgan fingerprint density at radius 3 is 1.83 bits per heavy atom. The molecule has 6 heteroatoms. The molecule has 0 amide bonds. The molecule has 0 aliphatic rings. The van der Waals surface area contributed by atoms with Crippen LogP contribution in [0, 0.1) is 0 Å². The second-order valence-corrected chi connectivity index (χ2v) is 1.71. The highest BCUT2D eigenvalue weighted by molar-refractivity contribution is 5.75. The number of ether oxygens (including phenoxy) is 3. The lowest BCUT2D eigenvalue weighted by atomic mass is 10.5. The number of hydrogen-bond acceptors (Lipinski definition) is 6. The topological polar surface area (TPSA) is 63.2 Å². The summed E-state index contributed by atoms with van der Waals surface area (Å²) in [7, 11) is 4.84. The molecular formula is C6H12O6. The molecule has 0 atom stereocenters. The van der Waals surface area contributed by atoms with Crippen LogP contribution in [-0.2, 0) is 28.8 Å². The molecule has 6 nitrogen and oxygen atoms in total. The molecule has 0 aromatic heterocycles. The Morgan fingerprint density at radius 1 is 1.08 bits per heavy atom. The first kappa shape index (κ1) is 11.3. The number of hydrogen-bond donors (Lipinski definition) is 0. The van der Waals surface area contributed by atoms with Gasteiger partial charge in [-0.25, -0.2) is 9.68 Å². The molecule has 0 spiro atoms. The quantitative estimate of drug-likeness (QED) is 0.250. The largest absolute Gasteiger partial charge is 0.463 e. The third kappa shape index (κ3) is 2.15. The van der Waals surface area contributed by atoms with E-state index >= 15 is 0 Å². The second kappa shape index (κ2) is 5.04. The monoisotopic (exact) mass is 180 g/mol. The number of methoxy groups -OCH3 is 3. The van der Waals surface area contributed by atoms with Gasteiger partial charge in [0, 0.05) is 14.2 Å². The highest BCUT2D eigenvalue weighted by Crippen LogP contribution is 2.14. The van der Waals surface area contributed by atoms with Gasteiger partial charge in [-0.15, -0.1) is 0 Å². The van der Waals surface area contributed by atoms with Crippen LogP contribution >= 0.6 is 0 Å². The Hall–Kier alpha value is -0.690. The van der Waals surface area contributed by atoms with Crippen LogP contribution in [-0.4, -0.2) is 40.4 Å². The number of esters is 1. The van der Waals surface area contributed by atoms with Crippen molar-refractivity contribution in [3.8, 4) is 0 Å². The average molecular weight is 180 g/mol. The van der Waals surface area contributed by atoms with E-state index in [1.54, 1.807) is 0 Å². The van der Waals surface area contributed by atoms with Gasteiger partial charge >= 0.3 is 11.9 Å². The Bertz CT molecular complexity index is 141. The van der Waals surface area contributed by atoms with E-state index in [1.165, 1.54) is 28.4 Å². The van der Waals surface area contributed by atoms with Gasteiger partial charge in [0.1, 0.15) is 0 Å². The molecule has 0 aromatic rings. The summed E-state index contributed by atoms with van der Waals surface area (Å²) in [5.74, 6) is -2.78. The first-order chi connectivity index (χ1) is 5.66. The van der Waals surface area contributed by atoms with Crippen LogP contribution in [0.1, 0.15) is 0 Å². The maximum atomic E-state index is 11.0. The fourth-order valence-electron chi connectivity index (χ4n) is 0.587. The fourth-order valence-corrected chi connectivity index (χ4v) is 0.587. The van der Waals surface area contributed by atoms with Crippen LogP contribution in [0.5, 0.6) is 0 Å². The van der Waals surface area contributed by atoms with Crippen molar-refractivity contribution in [2.75, 3.05) is 28.4 Å². The summed E-state index contributed by atoms with van der Waals surface area (Å²) < 4.78 is 13.6. The van der Waals surface area contributed by atoms with Crippen molar-refractivity contribution in [3.05, 3.63) is 0 Å². The summed E-state index contributed by atoms with van der Waals surface area (Å²) in [6, 6.07) is 0. The van der Waals surface area contributed by atoms with Crippen molar-refractivity contribution in [3.63, 3.8) is 0 Å². The molecule has 0 aliphatic heterocycles.